The van der Waals surface area contributed by atoms with Crippen molar-refractivity contribution in [3.63, 3.8) is 0 Å². The minimum atomic E-state index is -3.11. The summed E-state index contributed by atoms with van der Waals surface area (Å²) in [6.45, 7) is 9.54. The van der Waals surface area contributed by atoms with Gasteiger partial charge < -0.3 is 4.90 Å². The highest BCUT2D eigenvalue weighted by atomic mass is 32.2. The predicted octanol–water partition coefficient (Wildman–Crippen LogP) is 2.05. The Morgan fingerprint density at radius 3 is 2.20 bits per heavy atom. The van der Waals surface area contributed by atoms with E-state index in [1.165, 1.54) is 17.6 Å². The number of rotatable bonds is 4. The van der Waals surface area contributed by atoms with E-state index in [9.17, 15) is 13.2 Å². The first-order valence-corrected chi connectivity index (χ1v) is 9.23. The van der Waals surface area contributed by atoms with Crippen molar-refractivity contribution in [1.29, 1.82) is 0 Å². The number of hydrogen-bond acceptors (Lipinski definition) is 5. The van der Waals surface area contributed by atoms with Crippen LogP contribution in [-0.2, 0) is 9.84 Å². The monoisotopic (exact) mass is 318 g/mol. The summed E-state index contributed by atoms with van der Waals surface area (Å²) >= 11 is 1.35. The quantitative estimate of drug-likeness (QED) is 0.852. The smallest absolute Gasteiger partial charge is 0.266 e. The van der Waals surface area contributed by atoms with E-state index in [-0.39, 0.29) is 18.2 Å². The molecule has 1 aromatic rings. The van der Waals surface area contributed by atoms with Crippen LogP contribution in [0.3, 0.4) is 0 Å². The lowest BCUT2D eigenvalue weighted by atomic mass is 10.1. The van der Waals surface area contributed by atoms with Gasteiger partial charge >= 0.3 is 0 Å². The molecule has 0 saturated carbocycles. The number of hydrogen-bond donors (Lipinski definition) is 0. The maximum atomic E-state index is 12.6. The average molecular weight is 318 g/mol. The minimum absolute atomic E-state index is 0.0349. The fraction of sp³-hybridized carbons (Fsp3) is 0.692. The first kappa shape index (κ1) is 17.1. The molecule has 0 aromatic carbocycles. The van der Waals surface area contributed by atoms with E-state index >= 15 is 0 Å². The second-order valence-corrected chi connectivity index (χ2v) is 9.37. The molecule has 0 radical (unpaired) electrons. The Hall–Kier alpha value is -0.950. The van der Waals surface area contributed by atoms with Crippen LogP contribution in [0.5, 0.6) is 0 Å². The van der Waals surface area contributed by atoms with Gasteiger partial charge in [-0.05, 0) is 34.6 Å². The number of carbonyl (C=O) groups excluding carboxylic acids is 1. The number of nitrogens with zero attached hydrogens (tertiary/aromatic N) is 2. The minimum Gasteiger partial charge on any atom is -0.332 e. The summed E-state index contributed by atoms with van der Waals surface area (Å²) in [5, 5.41) is 0.836. The van der Waals surface area contributed by atoms with E-state index in [0.29, 0.717) is 10.6 Å². The lowest BCUT2D eigenvalue weighted by Crippen LogP contribution is -2.47. The maximum Gasteiger partial charge on any atom is 0.266 e. The van der Waals surface area contributed by atoms with E-state index in [4.69, 9.17) is 0 Å². The number of aromatic nitrogens is 1. The van der Waals surface area contributed by atoms with Crippen LogP contribution in [0.2, 0.25) is 0 Å². The summed E-state index contributed by atoms with van der Waals surface area (Å²) in [6, 6.07) is 0. The molecule has 7 heteroatoms. The molecule has 0 N–H and O–H groups in total. The van der Waals surface area contributed by atoms with Crippen molar-refractivity contribution in [3.8, 4) is 0 Å². The summed E-state index contributed by atoms with van der Waals surface area (Å²) in [5.41, 5.74) is 0.262. The van der Waals surface area contributed by atoms with Gasteiger partial charge in [0.15, 0.2) is 0 Å². The Balaban J connectivity index is 3.06. The third kappa shape index (κ3) is 4.56. The summed E-state index contributed by atoms with van der Waals surface area (Å²) in [4.78, 5) is 19.1. The first-order valence-electron chi connectivity index (χ1n) is 6.35. The molecule has 0 bridgehead atoms. The summed E-state index contributed by atoms with van der Waals surface area (Å²) in [7, 11) is -3.11. The van der Waals surface area contributed by atoms with Gasteiger partial charge in [0.2, 0.25) is 0 Å². The number of carbonyl (C=O) groups is 1. The van der Waals surface area contributed by atoms with Crippen LogP contribution in [-0.4, -0.2) is 48.3 Å². The molecular weight excluding hydrogens is 296 g/mol. The van der Waals surface area contributed by atoms with Crippen molar-refractivity contribution in [2.75, 3.05) is 18.6 Å². The van der Waals surface area contributed by atoms with E-state index in [1.54, 1.807) is 11.8 Å². The highest BCUT2D eigenvalue weighted by molar-refractivity contribution is 7.90. The molecule has 1 rings (SSSR count). The van der Waals surface area contributed by atoms with Gasteiger partial charge in [-0.1, -0.05) is 0 Å². The SMILES string of the molecule is Cc1nc(C)c(C(=O)N(CCS(C)(=O)=O)C(C)(C)C)s1. The molecule has 5 nitrogen and oxygen atoms in total. The summed E-state index contributed by atoms with van der Waals surface area (Å²) in [6.07, 6.45) is 1.18. The van der Waals surface area contributed by atoms with Crippen molar-refractivity contribution in [3.05, 3.63) is 15.6 Å². The lowest BCUT2D eigenvalue weighted by Gasteiger charge is -2.35. The fourth-order valence-electron chi connectivity index (χ4n) is 1.85. The Morgan fingerprint density at radius 2 is 1.85 bits per heavy atom. The molecule has 0 aliphatic heterocycles. The molecule has 1 aromatic heterocycles. The van der Waals surface area contributed by atoms with Gasteiger partial charge in [-0.3, -0.25) is 4.79 Å². The van der Waals surface area contributed by atoms with Crippen LogP contribution in [0, 0.1) is 13.8 Å². The standard InChI is InChI=1S/C13H22N2O3S2/c1-9-11(19-10(2)14-9)12(16)15(13(3,4)5)7-8-20(6,17)18/h7-8H2,1-6H3. The van der Waals surface area contributed by atoms with Crippen LogP contribution in [0.15, 0.2) is 0 Å². The topological polar surface area (TPSA) is 67.3 Å². The second-order valence-electron chi connectivity index (χ2n) is 5.90. The Kier molecular flexibility index (Phi) is 4.97. The van der Waals surface area contributed by atoms with Gasteiger partial charge in [-0.25, -0.2) is 13.4 Å². The zero-order chi connectivity index (χ0) is 15.7. The molecule has 0 aliphatic rings. The molecule has 0 unspecified atom stereocenters. The van der Waals surface area contributed by atoms with Gasteiger partial charge in [0.1, 0.15) is 14.7 Å². The van der Waals surface area contributed by atoms with E-state index in [0.717, 1.165) is 5.01 Å². The van der Waals surface area contributed by atoms with Crippen LogP contribution >= 0.6 is 11.3 Å². The summed E-state index contributed by atoms with van der Waals surface area (Å²) < 4.78 is 22.7. The molecule has 0 spiro atoms. The van der Waals surface area contributed by atoms with Crippen molar-refractivity contribution in [2.24, 2.45) is 0 Å². The Bertz CT molecular complexity index is 598. The third-order valence-electron chi connectivity index (χ3n) is 2.84. The van der Waals surface area contributed by atoms with Crippen molar-refractivity contribution in [2.45, 2.75) is 40.2 Å². The molecular formula is C13H22N2O3S2. The molecule has 1 amide bonds. The average Bonchev–Trinajstić information content (AvgIpc) is 2.53. The molecule has 0 saturated heterocycles. The van der Waals surface area contributed by atoms with E-state index < -0.39 is 15.4 Å². The van der Waals surface area contributed by atoms with Crippen LogP contribution < -0.4 is 0 Å². The molecule has 1 heterocycles. The largest absolute Gasteiger partial charge is 0.332 e. The molecule has 0 fully saturated rings. The van der Waals surface area contributed by atoms with Crippen molar-refractivity contribution < 1.29 is 13.2 Å². The van der Waals surface area contributed by atoms with Gasteiger partial charge in [0.25, 0.3) is 5.91 Å². The molecule has 20 heavy (non-hydrogen) atoms. The third-order valence-corrected chi connectivity index (χ3v) is 4.82. The fourth-order valence-corrected chi connectivity index (χ4v) is 3.23. The summed E-state index contributed by atoms with van der Waals surface area (Å²) in [5.74, 6) is -0.184. The van der Waals surface area contributed by atoms with Gasteiger partial charge in [-0.2, -0.15) is 0 Å². The zero-order valence-electron chi connectivity index (χ0n) is 12.8. The highest BCUT2D eigenvalue weighted by Crippen LogP contribution is 2.23. The molecule has 114 valence electrons. The highest BCUT2D eigenvalue weighted by Gasteiger charge is 2.30. The first-order chi connectivity index (χ1) is 8.92. The van der Waals surface area contributed by atoms with E-state index in [1.807, 2.05) is 27.7 Å². The zero-order valence-corrected chi connectivity index (χ0v) is 14.5. The maximum absolute atomic E-state index is 12.6. The molecule has 0 aliphatic carbocycles. The Labute approximate surface area is 124 Å². The van der Waals surface area contributed by atoms with Crippen molar-refractivity contribution in [1.82, 2.24) is 9.88 Å². The molecule has 0 atom stereocenters. The van der Waals surface area contributed by atoms with Crippen molar-refractivity contribution >= 4 is 27.1 Å². The van der Waals surface area contributed by atoms with E-state index in [2.05, 4.69) is 4.98 Å². The number of amides is 1. The lowest BCUT2D eigenvalue weighted by molar-refractivity contribution is 0.0605. The number of aryl methyl sites for hydroxylation is 2. The van der Waals surface area contributed by atoms with Crippen LogP contribution in [0.1, 0.15) is 41.1 Å². The van der Waals surface area contributed by atoms with Gasteiger partial charge in [0, 0.05) is 18.3 Å². The second kappa shape index (κ2) is 5.81. The van der Waals surface area contributed by atoms with Gasteiger partial charge in [-0.15, -0.1) is 11.3 Å². The number of sulfone groups is 1. The number of thiazole rings is 1. The van der Waals surface area contributed by atoms with Crippen LogP contribution in [0.4, 0.5) is 0 Å². The normalized spacial score (nSPS) is 12.5. The predicted molar refractivity (Wildman–Crippen MR) is 82.1 cm³/mol. The van der Waals surface area contributed by atoms with Gasteiger partial charge in [0.05, 0.1) is 16.5 Å². The van der Waals surface area contributed by atoms with Crippen LogP contribution in [0.25, 0.3) is 0 Å². The Morgan fingerprint density at radius 1 is 1.30 bits per heavy atom.